The monoisotopic (exact) mass is 236 g/mol. The molecule has 0 bridgehead atoms. The summed E-state index contributed by atoms with van der Waals surface area (Å²) in [4.78, 5) is 2.51. The summed E-state index contributed by atoms with van der Waals surface area (Å²) in [5.41, 5.74) is 2.74. The van der Waals surface area contributed by atoms with E-state index in [9.17, 15) is 0 Å². The van der Waals surface area contributed by atoms with E-state index in [0.717, 1.165) is 32.6 Å². The molecule has 0 radical (unpaired) electrons. The first-order chi connectivity index (χ1) is 8.00. The smallest absolute Gasteiger partial charge is 0.0625 e. The molecule has 17 heavy (non-hydrogen) atoms. The molecule has 1 aliphatic rings. The summed E-state index contributed by atoms with van der Waals surface area (Å²) in [6.07, 6.45) is 1.01. The summed E-state index contributed by atoms with van der Waals surface area (Å²) < 4.78 is 2.02. The molecule has 1 N–H and O–H groups in total. The van der Waals surface area contributed by atoms with Crippen molar-refractivity contribution in [2.45, 2.75) is 39.3 Å². The second kappa shape index (κ2) is 4.78. The van der Waals surface area contributed by atoms with Crippen molar-refractivity contribution in [1.82, 2.24) is 20.0 Å². The molecule has 0 aromatic carbocycles. The maximum atomic E-state index is 4.51. The van der Waals surface area contributed by atoms with E-state index in [0.29, 0.717) is 0 Å². The van der Waals surface area contributed by atoms with Crippen LogP contribution in [0.1, 0.15) is 32.2 Å². The fourth-order valence-electron chi connectivity index (χ4n) is 2.50. The van der Waals surface area contributed by atoms with Crippen LogP contribution in [0.5, 0.6) is 0 Å². The minimum absolute atomic E-state index is 0.227. The van der Waals surface area contributed by atoms with E-state index in [2.05, 4.69) is 42.2 Å². The summed E-state index contributed by atoms with van der Waals surface area (Å²) in [6, 6.07) is 2.23. The van der Waals surface area contributed by atoms with Gasteiger partial charge in [-0.25, -0.2) is 0 Å². The Morgan fingerprint density at radius 1 is 1.47 bits per heavy atom. The van der Waals surface area contributed by atoms with E-state index >= 15 is 0 Å². The maximum Gasteiger partial charge on any atom is 0.0625 e. The van der Waals surface area contributed by atoms with Crippen LogP contribution in [0.4, 0.5) is 0 Å². The Kier molecular flexibility index (Phi) is 3.54. The Morgan fingerprint density at radius 3 is 2.82 bits per heavy atom. The average molecular weight is 236 g/mol. The van der Waals surface area contributed by atoms with Crippen LogP contribution in [-0.2, 0) is 20.0 Å². The highest BCUT2D eigenvalue weighted by Gasteiger charge is 2.26. The van der Waals surface area contributed by atoms with E-state index in [1.54, 1.807) is 0 Å². The fraction of sp³-hybridized carbons (Fsp3) is 0.769. The second-order valence-electron chi connectivity index (χ2n) is 5.63. The lowest BCUT2D eigenvalue weighted by Gasteiger charge is -2.39. The molecule has 1 aromatic rings. The maximum absolute atomic E-state index is 4.51. The minimum Gasteiger partial charge on any atom is -0.309 e. The van der Waals surface area contributed by atoms with Crippen molar-refractivity contribution in [2.24, 2.45) is 7.05 Å². The zero-order valence-electron chi connectivity index (χ0n) is 11.5. The van der Waals surface area contributed by atoms with Gasteiger partial charge in [0.25, 0.3) is 0 Å². The van der Waals surface area contributed by atoms with Gasteiger partial charge in [0.2, 0.25) is 0 Å². The van der Waals surface area contributed by atoms with E-state index in [-0.39, 0.29) is 5.54 Å². The number of rotatable bonds is 3. The van der Waals surface area contributed by atoms with Crippen LogP contribution >= 0.6 is 0 Å². The molecule has 0 unspecified atom stereocenters. The Balaban J connectivity index is 2.02. The van der Waals surface area contributed by atoms with Gasteiger partial charge in [-0.05, 0) is 26.3 Å². The number of hydrogen-bond acceptors (Lipinski definition) is 3. The normalized spacial score (nSPS) is 20.7. The molecule has 4 heteroatoms. The van der Waals surface area contributed by atoms with E-state index in [1.165, 1.54) is 11.4 Å². The van der Waals surface area contributed by atoms with Gasteiger partial charge >= 0.3 is 0 Å². The Morgan fingerprint density at radius 2 is 2.24 bits per heavy atom. The van der Waals surface area contributed by atoms with Crippen LogP contribution in [0, 0.1) is 0 Å². The lowest BCUT2D eigenvalue weighted by atomic mass is 10.0. The quantitative estimate of drug-likeness (QED) is 0.855. The highest BCUT2D eigenvalue weighted by atomic mass is 15.3. The van der Waals surface area contributed by atoms with Crippen LogP contribution < -0.4 is 5.32 Å². The molecule has 2 rings (SSSR count). The van der Waals surface area contributed by atoms with Crippen LogP contribution in [0.25, 0.3) is 0 Å². The largest absolute Gasteiger partial charge is 0.309 e. The van der Waals surface area contributed by atoms with Gasteiger partial charge in [-0.2, -0.15) is 5.10 Å². The van der Waals surface area contributed by atoms with Crippen molar-refractivity contribution in [3.05, 3.63) is 17.5 Å². The first-order valence-corrected chi connectivity index (χ1v) is 6.49. The third-order valence-corrected chi connectivity index (χ3v) is 3.43. The Bertz CT molecular complexity index is 381. The SMILES string of the molecule is CCc1cc(CN2CCNC(C)(C)C2)n(C)n1. The second-order valence-corrected chi connectivity index (χ2v) is 5.63. The van der Waals surface area contributed by atoms with E-state index in [4.69, 9.17) is 0 Å². The van der Waals surface area contributed by atoms with Gasteiger partial charge in [0.1, 0.15) is 0 Å². The van der Waals surface area contributed by atoms with Gasteiger partial charge in [-0.3, -0.25) is 9.58 Å². The van der Waals surface area contributed by atoms with Gasteiger partial charge < -0.3 is 5.32 Å². The van der Waals surface area contributed by atoms with Gasteiger partial charge in [-0.1, -0.05) is 6.92 Å². The summed E-state index contributed by atoms with van der Waals surface area (Å²) in [7, 11) is 2.04. The predicted molar refractivity (Wildman–Crippen MR) is 69.9 cm³/mol. The molecular formula is C13H24N4. The molecule has 0 saturated carbocycles. The Labute approximate surface area is 104 Å². The lowest BCUT2D eigenvalue weighted by Crippen LogP contribution is -2.56. The van der Waals surface area contributed by atoms with Gasteiger partial charge in [0, 0.05) is 38.8 Å². The Hall–Kier alpha value is -0.870. The molecule has 1 fully saturated rings. The zero-order chi connectivity index (χ0) is 12.5. The van der Waals surface area contributed by atoms with Crippen molar-refractivity contribution in [3.8, 4) is 0 Å². The molecule has 4 nitrogen and oxygen atoms in total. The van der Waals surface area contributed by atoms with Crippen LogP contribution in [0.2, 0.25) is 0 Å². The van der Waals surface area contributed by atoms with Gasteiger partial charge in [-0.15, -0.1) is 0 Å². The third kappa shape index (κ3) is 3.07. The number of hydrogen-bond donors (Lipinski definition) is 1. The van der Waals surface area contributed by atoms with Crippen LogP contribution in [0.15, 0.2) is 6.07 Å². The molecule has 0 aliphatic carbocycles. The summed E-state index contributed by atoms with van der Waals surface area (Å²) in [5.74, 6) is 0. The van der Waals surface area contributed by atoms with Gasteiger partial charge in [0.05, 0.1) is 11.4 Å². The topological polar surface area (TPSA) is 33.1 Å². The molecule has 0 amide bonds. The first kappa shape index (κ1) is 12.6. The summed E-state index contributed by atoms with van der Waals surface area (Å²) in [5, 5.41) is 8.05. The molecule has 0 spiro atoms. The molecule has 1 saturated heterocycles. The third-order valence-electron chi connectivity index (χ3n) is 3.43. The number of nitrogens with one attached hydrogen (secondary N) is 1. The predicted octanol–water partition coefficient (Wildman–Crippen LogP) is 1.17. The first-order valence-electron chi connectivity index (χ1n) is 6.49. The molecule has 2 heterocycles. The van der Waals surface area contributed by atoms with Gasteiger partial charge in [0.15, 0.2) is 0 Å². The fourth-order valence-corrected chi connectivity index (χ4v) is 2.50. The van der Waals surface area contributed by atoms with Crippen molar-refractivity contribution >= 4 is 0 Å². The van der Waals surface area contributed by atoms with Crippen molar-refractivity contribution in [1.29, 1.82) is 0 Å². The number of aromatic nitrogens is 2. The molecule has 1 aliphatic heterocycles. The summed E-state index contributed by atoms with van der Waals surface area (Å²) in [6.45, 7) is 11.0. The highest BCUT2D eigenvalue weighted by Crippen LogP contribution is 2.14. The van der Waals surface area contributed by atoms with Crippen molar-refractivity contribution in [3.63, 3.8) is 0 Å². The standard InChI is InChI=1S/C13H24N4/c1-5-11-8-12(16(4)15-11)9-17-7-6-14-13(2,3)10-17/h8,14H,5-7,9-10H2,1-4H3. The van der Waals surface area contributed by atoms with Crippen molar-refractivity contribution in [2.75, 3.05) is 19.6 Å². The lowest BCUT2D eigenvalue weighted by molar-refractivity contribution is 0.145. The molecular weight excluding hydrogens is 212 g/mol. The molecule has 0 atom stereocenters. The average Bonchev–Trinajstić information content (AvgIpc) is 2.58. The summed E-state index contributed by atoms with van der Waals surface area (Å²) >= 11 is 0. The highest BCUT2D eigenvalue weighted by molar-refractivity contribution is 5.10. The molecule has 1 aromatic heterocycles. The molecule has 96 valence electrons. The number of piperazine rings is 1. The number of nitrogens with zero attached hydrogens (tertiary/aromatic N) is 3. The van der Waals surface area contributed by atoms with E-state index < -0.39 is 0 Å². The van der Waals surface area contributed by atoms with E-state index in [1.807, 2.05) is 11.7 Å². The number of aryl methyl sites for hydroxylation is 2. The van der Waals surface area contributed by atoms with Crippen molar-refractivity contribution < 1.29 is 0 Å². The van der Waals surface area contributed by atoms with Crippen LogP contribution in [-0.4, -0.2) is 39.9 Å². The minimum atomic E-state index is 0.227. The zero-order valence-corrected chi connectivity index (χ0v) is 11.5. The van der Waals surface area contributed by atoms with Crippen LogP contribution in [0.3, 0.4) is 0 Å².